The minimum atomic E-state index is -4.58. The Morgan fingerprint density at radius 2 is 1.97 bits per heavy atom. The normalized spacial score (nSPS) is 17.6. The maximum Gasteiger partial charge on any atom is 0.416 e. The lowest BCUT2D eigenvalue weighted by molar-refractivity contribution is -0.137. The van der Waals surface area contributed by atoms with Gasteiger partial charge in [0.05, 0.1) is 22.0 Å². The van der Waals surface area contributed by atoms with Crippen LogP contribution in [0.2, 0.25) is 5.02 Å². The van der Waals surface area contributed by atoms with Crippen molar-refractivity contribution in [3.05, 3.63) is 59.1 Å². The third-order valence-electron chi connectivity index (χ3n) is 4.67. The molecule has 0 bridgehead atoms. The van der Waals surface area contributed by atoms with Crippen molar-refractivity contribution in [2.45, 2.75) is 24.3 Å². The van der Waals surface area contributed by atoms with Crippen molar-refractivity contribution >= 4 is 51.7 Å². The van der Waals surface area contributed by atoms with E-state index < -0.39 is 22.9 Å². The topological polar surface area (TPSA) is 71.0 Å². The van der Waals surface area contributed by atoms with Gasteiger partial charge in [-0.3, -0.25) is 14.5 Å². The smallest absolute Gasteiger partial charge is 0.385 e. The maximum atomic E-state index is 13.0. The van der Waals surface area contributed by atoms with Crippen LogP contribution in [0.25, 0.3) is 0 Å². The van der Waals surface area contributed by atoms with E-state index in [1.165, 1.54) is 4.90 Å². The molecule has 176 valence electrons. The van der Waals surface area contributed by atoms with Crippen molar-refractivity contribution in [2.24, 2.45) is 4.99 Å². The number of hydrogen-bond acceptors (Lipinski definition) is 5. The third kappa shape index (κ3) is 6.72. The maximum absolute atomic E-state index is 13.0. The minimum Gasteiger partial charge on any atom is -0.385 e. The van der Waals surface area contributed by atoms with E-state index in [9.17, 15) is 22.8 Å². The van der Waals surface area contributed by atoms with E-state index in [1.54, 1.807) is 19.2 Å². The van der Waals surface area contributed by atoms with Crippen LogP contribution in [0.4, 0.5) is 24.5 Å². The number of aliphatic imine (C=N–C) groups is 1. The Bertz CT molecular complexity index is 1030. The minimum absolute atomic E-state index is 0.0331. The lowest BCUT2D eigenvalue weighted by atomic mass is 10.2. The summed E-state index contributed by atoms with van der Waals surface area (Å²) in [5, 5.41) is 2.05. The summed E-state index contributed by atoms with van der Waals surface area (Å²) in [6, 6.07) is 11.7. The average Bonchev–Trinajstić information content (AvgIpc) is 3.04. The number of benzene rings is 2. The summed E-state index contributed by atoms with van der Waals surface area (Å²) in [5.74, 6) is -0.920. The van der Waals surface area contributed by atoms with Gasteiger partial charge < -0.3 is 10.1 Å². The molecule has 33 heavy (non-hydrogen) atoms. The van der Waals surface area contributed by atoms with E-state index in [4.69, 9.17) is 16.3 Å². The molecule has 3 rings (SSSR count). The van der Waals surface area contributed by atoms with E-state index >= 15 is 0 Å². The highest BCUT2D eigenvalue weighted by atomic mass is 35.5. The molecule has 6 nitrogen and oxygen atoms in total. The summed E-state index contributed by atoms with van der Waals surface area (Å²) in [6.45, 7) is 0.815. The zero-order chi connectivity index (χ0) is 24.0. The number of anilines is 1. The highest BCUT2D eigenvalue weighted by Gasteiger charge is 2.39. The summed E-state index contributed by atoms with van der Waals surface area (Å²) < 4.78 is 44.0. The van der Waals surface area contributed by atoms with Gasteiger partial charge in [-0.25, -0.2) is 4.99 Å². The standard InChI is InChI=1S/C22H21ClF3N3O3S/c1-32-11-5-10-29-20(31)18(33-21(29)27-15-6-3-2-4-7-15)13-19(30)28-17-12-14(22(24,25)26)8-9-16(17)23/h2-4,6-9,12,18H,5,10-11,13H2,1H3,(H,28,30)/t18-/m1/s1. The Morgan fingerprint density at radius 1 is 1.24 bits per heavy atom. The van der Waals surface area contributed by atoms with Gasteiger partial charge in [-0.05, 0) is 36.8 Å². The highest BCUT2D eigenvalue weighted by molar-refractivity contribution is 8.15. The number of amides is 2. The van der Waals surface area contributed by atoms with Gasteiger partial charge >= 0.3 is 6.18 Å². The molecule has 0 unspecified atom stereocenters. The summed E-state index contributed by atoms with van der Waals surface area (Å²) in [5.41, 5.74) is -0.442. The molecule has 1 saturated heterocycles. The number of halogens is 4. The highest BCUT2D eigenvalue weighted by Crippen LogP contribution is 2.35. The fraction of sp³-hybridized carbons (Fsp3) is 0.318. The number of thioether (sulfide) groups is 1. The van der Waals surface area contributed by atoms with Gasteiger partial charge in [-0.2, -0.15) is 13.2 Å². The zero-order valence-electron chi connectivity index (χ0n) is 17.6. The van der Waals surface area contributed by atoms with Crippen LogP contribution in [-0.4, -0.2) is 47.4 Å². The van der Waals surface area contributed by atoms with Gasteiger partial charge in [0.25, 0.3) is 0 Å². The number of hydrogen-bond donors (Lipinski definition) is 1. The number of amidine groups is 1. The number of alkyl halides is 3. The van der Waals surface area contributed by atoms with Crippen LogP contribution in [0, 0.1) is 0 Å². The van der Waals surface area contributed by atoms with Crippen molar-refractivity contribution in [2.75, 3.05) is 25.6 Å². The van der Waals surface area contributed by atoms with Crippen LogP contribution in [0.5, 0.6) is 0 Å². The van der Waals surface area contributed by atoms with Crippen molar-refractivity contribution in [3.8, 4) is 0 Å². The molecule has 1 heterocycles. The summed E-state index contributed by atoms with van der Waals surface area (Å²) in [6.07, 6.45) is -4.24. The molecule has 0 spiro atoms. The molecule has 2 amide bonds. The monoisotopic (exact) mass is 499 g/mol. The van der Waals surface area contributed by atoms with Crippen molar-refractivity contribution in [1.82, 2.24) is 4.90 Å². The number of methoxy groups -OCH3 is 1. The molecule has 0 saturated carbocycles. The SMILES string of the molecule is COCCCN1C(=O)[C@@H](CC(=O)Nc2cc(C(F)(F)F)ccc2Cl)SC1=Nc1ccccc1. The second-order valence-corrected chi connectivity index (χ2v) is 8.69. The van der Waals surface area contributed by atoms with E-state index in [0.29, 0.717) is 30.4 Å². The Balaban J connectivity index is 1.74. The van der Waals surface area contributed by atoms with Gasteiger partial charge in [0.2, 0.25) is 11.8 Å². The fourth-order valence-electron chi connectivity index (χ4n) is 3.08. The first-order valence-corrected chi connectivity index (χ1v) is 11.2. The Hall–Kier alpha value is -2.56. The fourth-order valence-corrected chi connectivity index (χ4v) is 4.43. The van der Waals surface area contributed by atoms with Crippen molar-refractivity contribution < 1.29 is 27.5 Å². The molecule has 11 heteroatoms. The summed E-state index contributed by atoms with van der Waals surface area (Å²) in [4.78, 5) is 31.6. The largest absolute Gasteiger partial charge is 0.416 e. The lowest BCUT2D eigenvalue weighted by Gasteiger charge is -2.16. The van der Waals surface area contributed by atoms with Gasteiger partial charge in [-0.15, -0.1) is 0 Å². The van der Waals surface area contributed by atoms with Crippen molar-refractivity contribution in [1.29, 1.82) is 0 Å². The first-order chi connectivity index (χ1) is 15.7. The molecular weight excluding hydrogens is 479 g/mol. The predicted octanol–water partition coefficient (Wildman–Crippen LogP) is 5.36. The molecule has 1 aliphatic rings. The molecule has 2 aromatic carbocycles. The number of nitrogens with zero attached hydrogens (tertiary/aromatic N) is 2. The van der Waals surface area contributed by atoms with Gasteiger partial charge in [0, 0.05) is 26.7 Å². The predicted molar refractivity (Wildman–Crippen MR) is 123 cm³/mol. The molecule has 1 N–H and O–H groups in total. The van der Waals surface area contributed by atoms with Gasteiger partial charge in [-0.1, -0.05) is 41.6 Å². The Morgan fingerprint density at radius 3 is 2.64 bits per heavy atom. The van der Waals surface area contributed by atoms with Crippen LogP contribution in [0.1, 0.15) is 18.4 Å². The molecule has 2 aromatic rings. The summed E-state index contributed by atoms with van der Waals surface area (Å²) in [7, 11) is 1.56. The first kappa shape index (κ1) is 25.1. The molecular formula is C22H21ClF3N3O3S. The number of para-hydroxylation sites is 1. The van der Waals surface area contributed by atoms with Crippen LogP contribution >= 0.6 is 23.4 Å². The number of rotatable bonds is 8. The number of carbonyl (C=O) groups excluding carboxylic acids is 2. The number of nitrogens with one attached hydrogen (secondary N) is 1. The Labute approximate surface area is 198 Å². The zero-order valence-corrected chi connectivity index (χ0v) is 19.1. The number of ether oxygens (including phenoxy) is 1. The van der Waals surface area contributed by atoms with E-state index in [1.807, 2.05) is 18.2 Å². The lowest BCUT2D eigenvalue weighted by Crippen LogP contribution is -2.34. The molecule has 0 aromatic heterocycles. The summed E-state index contributed by atoms with van der Waals surface area (Å²) >= 11 is 7.09. The molecule has 0 radical (unpaired) electrons. The van der Waals surface area contributed by atoms with Crippen LogP contribution in [0.3, 0.4) is 0 Å². The van der Waals surface area contributed by atoms with Gasteiger partial charge in [0.15, 0.2) is 5.17 Å². The molecule has 1 fully saturated rings. The van der Waals surface area contributed by atoms with Crippen LogP contribution in [-0.2, 0) is 20.5 Å². The molecule has 0 aliphatic carbocycles. The second kappa shape index (κ2) is 11.0. The average molecular weight is 500 g/mol. The molecule has 1 atom stereocenters. The van der Waals surface area contributed by atoms with E-state index in [0.717, 1.165) is 30.0 Å². The molecule has 1 aliphatic heterocycles. The number of carbonyl (C=O) groups is 2. The third-order valence-corrected chi connectivity index (χ3v) is 6.17. The van der Waals surface area contributed by atoms with Crippen LogP contribution in [0.15, 0.2) is 53.5 Å². The van der Waals surface area contributed by atoms with Crippen LogP contribution < -0.4 is 5.32 Å². The quantitative estimate of drug-likeness (QED) is 0.497. The van der Waals surface area contributed by atoms with E-state index in [2.05, 4.69) is 10.3 Å². The van der Waals surface area contributed by atoms with Crippen molar-refractivity contribution in [3.63, 3.8) is 0 Å². The Kier molecular flexibility index (Phi) is 8.39. The second-order valence-electron chi connectivity index (χ2n) is 7.12. The van der Waals surface area contributed by atoms with Gasteiger partial charge in [0.1, 0.15) is 5.25 Å². The van der Waals surface area contributed by atoms with E-state index in [-0.39, 0.29) is 23.0 Å². The first-order valence-electron chi connectivity index (χ1n) is 9.96.